The molecule has 0 saturated heterocycles. The molecule has 0 saturated carbocycles. The fourth-order valence-electron chi connectivity index (χ4n) is 3.69. The molecule has 1 aliphatic rings. The predicted molar refractivity (Wildman–Crippen MR) is 117 cm³/mol. The minimum absolute atomic E-state index is 0.0515. The van der Waals surface area contributed by atoms with Gasteiger partial charge in [-0.05, 0) is 43.9 Å². The van der Waals surface area contributed by atoms with Gasteiger partial charge in [-0.15, -0.1) is 0 Å². The third-order valence-corrected chi connectivity index (χ3v) is 5.96. The van der Waals surface area contributed by atoms with Crippen LogP contribution in [0.25, 0.3) is 11.0 Å². The van der Waals surface area contributed by atoms with E-state index in [9.17, 15) is 9.59 Å². The van der Waals surface area contributed by atoms with E-state index in [1.165, 1.54) is 7.11 Å². The van der Waals surface area contributed by atoms with Gasteiger partial charge in [-0.25, -0.2) is 0 Å². The third kappa shape index (κ3) is 3.45. The molecule has 4 rings (SSSR count). The van der Waals surface area contributed by atoms with Crippen molar-refractivity contribution in [2.45, 2.75) is 6.04 Å². The number of hydrogen-bond acceptors (Lipinski definition) is 5. The molecule has 1 atom stereocenters. The Hall–Kier alpha value is -2.54. The lowest BCUT2D eigenvalue weighted by Crippen LogP contribution is -2.35. The van der Waals surface area contributed by atoms with Gasteiger partial charge in [0.15, 0.2) is 5.43 Å². The Bertz CT molecular complexity index is 1210. The number of fused-ring (bicyclic) bond motifs is 2. The first-order valence-corrected chi connectivity index (χ1v) is 10.1. The molecule has 0 N–H and O–H groups in total. The van der Waals surface area contributed by atoms with Gasteiger partial charge in [-0.2, -0.15) is 0 Å². The molecule has 1 aliphatic heterocycles. The largest absolute Gasteiger partial charge is 0.497 e. The molecule has 6 nitrogen and oxygen atoms in total. The highest BCUT2D eigenvalue weighted by Crippen LogP contribution is 2.39. The molecule has 1 amide bonds. The molecule has 2 aromatic carbocycles. The molecule has 0 unspecified atom stereocenters. The van der Waals surface area contributed by atoms with Gasteiger partial charge in [0.25, 0.3) is 5.91 Å². The number of halogens is 2. The van der Waals surface area contributed by atoms with E-state index in [1.807, 2.05) is 19.0 Å². The lowest BCUT2D eigenvalue weighted by molar-refractivity contribution is 0.0716. The fourth-order valence-corrected chi connectivity index (χ4v) is 4.00. The van der Waals surface area contributed by atoms with Crippen molar-refractivity contribution in [1.82, 2.24) is 9.80 Å². The first-order valence-electron chi connectivity index (χ1n) is 9.37. The zero-order chi connectivity index (χ0) is 21.6. The van der Waals surface area contributed by atoms with Crippen molar-refractivity contribution in [1.29, 1.82) is 0 Å². The van der Waals surface area contributed by atoms with Crippen molar-refractivity contribution >= 4 is 40.1 Å². The van der Waals surface area contributed by atoms with E-state index in [1.54, 1.807) is 41.3 Å². The zero-order valence-electron chi connectivity index (χ0n) is 16.7. The van der Waals surface area contributed by atoms with Crippen LogP contribution in [0.1, 0.15) is 27.7 Å². The quantitative estimate of drug-likeness (QED) is 0.586. The number of benzene rings is 2. The SMILES string of the molecule is COc1ccc2c(=O)c3c(oc2c1)C(=O)N(CCN(C)C)[C@H]3c1ccc(Cl)c(Cl)c1. The first-order chi connectivity index (χ1) is 14.3. The van der Waals surface area contributed by atoms with Crippen molar-refractivity contribution in [2.24, 2.45) is 0 Å². The first kappa shape index (κ1) is 20.7. The van der Waals surface area contributed by atoms with Crippen molar-refractivity contribution < 1.29 is 13.9 Å². The van der Waals surface area contributed by atoms with Crippen LogP contribution in [0.15, 0.2) is 45.6 Å². The summed E-state index contributed by atoms with van der Waals surface area (Å²) in [5.74, 6) is 0.266. The van der Waals surface area contributed by atoms with Crippen LogP contribution in [-0.2, 0) is 0 Å². The monoisotopic (exact) mass is 446 g/mol. The van der Waals surface area contributed by atoms with Crippen LogP contribution >= 0.6 is 23.2 Å². The summed E-state index contributed by atoms with van der Waals surface area (Å²) in [6.45, 7) is 1.04. The van der Waals surface area contributed by atoms with Crippen LogP contribution in [0.5, 0.6) is 5.75 Å². The van der Waals surface area contributed by atoms with E-state index in [-0.39, 0.29) is 17.1 Å². The normalized spacial score (nSPS) is 15.9. The van der Waals surface area contributed by atoms with Crippen LogP contribution in [0.4, 0.5) is 0 Å². The molecule has 30 heavy (non-hydrogen) atoms. The number of likely N-dealkylation sites (N-methyl/N-ethyl adjacent to an activating group) is 1. The van der Waals surface area contributed by atoms with Gasteiger partial charge in [0.1, 0.15) is 11.3 Å². The fraction of sp³-hybridized carbons (Fsp3) is 0.273. The highest BCUT2D eigenvalue weighted by atomic mass is 35.5. The minimum Gasteiger partial charge on any atom is -0.497 e. The number of rotatable bonds is 5. The standard InChI is InChI=1S/C22H20Cl2N2O4/c1-25(2)8-9-26-19(12-4-7-15(23)16(24)10-12)18-20(27)14-6-5-13(29-3)11-17(14)30-21(18)22(26)28/h4-7,10-11,19H,8-9H2,1-3H3/t19-/m0/s1. The number of carbonyl (C=O) groups excluding carboxylic acids is 1. The van der Waals surface area contributed by atoms with E-state index in [4.69, 9.17) is 32.4 Å². The number of carbonyl (C=O) groups is 1. The van der Waals surface area contributed by atoms with Crippen LogP contribution in [0.2, 0.25) is 10.0 Å². The van der Waals surface area contributed by atoms with Crippen LogP contribution in [0, 0.1) is 0 Å². The molecule has 0 radical (unpaired) electrons. The Morgan fingerprint density at radius 2 is 1.87 bits per heavy atom. The van der Waals surface area contributed by atoms with Gasteiger partial charge in [-0.1, -0.05) is 29.3 Å². The lowest BCUT2D eigenvalue weighted by Gasteiger charge is -2.26. The van der Waals surface area contributed by atoms with Gasteiger partial charge in [-0.3, -0.25) is 9.59 Å². The van der Waals surface area contributed by atoms with Gasteiger partial charge in [0, 0.05) is 19.2 Å². The maximum absolute atomic E-state index is 13.4. The second kappa shape index (κ2) is 7.95. The second-order valence-corrected chi connectivity index (χ2v) is 8.23. The van der Waals surface area contributed by atoms with E-state index < -0.39 is 6.04 Å². The molecule has 0 fully saturated rings. The Labute approximate surface area is 183 Å². The van der Waals surface area contributed by atoms with Crippen LogP contribution < -0.4 is 10.2 Å². The Balaban J connectivity index is 1.94. The van der Waals surface area contributed by atoms with Crippen molar-refractivity contribution in [3.8, 4) is 5.75 Å². The molecular formula is C22H20Cl2N2O4. The highest BCUT2D eigenvalue weighted by Gasteiger charge is 2.42. The summed E-state index contributed by atoms with van der Waals surface area (Å²) in [6.07, 6.45) is 0. The smallest absolute Gasteiger partial charge is 0.290 e. The molecule has 0 spiro atoms. The predicted octanol–water partition coefficient (Wildman–Crippen LogP) is 4.22. The Morgan fingerprint density at radius 3 is 2.53 bits per heavy atom. The summed E-state index contributed by atoms with van der Waals surface area (Å²) in [5.41, 5.74) is 1.09. The zero-order valence-corrected chi connectivity index (χ0v) is 18.3. The second-order valence-electron chi connectivity index (χ2n) is 7.41. The molecule has 0 bridgehead atoms. The number of amides is 1. The van der Waals surface area contributed by atoms with Gasteiger partial charge in [0.2, 0.25) is 5.76 Å². The summed E-state index contributed by atoms with van der Waals surface area (Å²) in [6, 6.07) is 9.49. The van der Waals surface area contributed by atoms with E-state index in [2.05, 4.69) is 0 Å². The maximum atomic E-state index is 13.4. The van der Waals surface area contributed by atoms with Crippen LogP contribution in [-0.4, -0.2) is 50.0 Å². The van der Waals surface area contributed by atoms with Gasteiger partial charge in [0.05, 0.1) is 34.1 Å². The summed E-state index contributed by atoms with van der Waals surface area (Å²) in [7, 11) is 5.37. The topological polar surface area (TPSA) is 63.0 Å². The lowest BCUT2D eigenvalue weighted by atomic mass is 9.98. The maximum Gasteiger partial charge on any atom is 0.290 e. The summed E-state index contributed by atoms with van der Waals surface area (Å²) in [4.78, 5) is 30.3. The molecular weight excluding hydrogens is 427 g/mol. The molecule has 0 aliphatic carbocycles. The minimum atomic E-state index is -0.607. The Morgan fingerprint density at radius 1 is 1.10 bits per heavy atom. The summed E-state index contributed by atoms with van der Waals surface area (Å²) in [5, 5.41) is 1.15. The average Bonchev–Trinajstić information content (AvgIpc) is 3.00. The number of hydrogen-bond donors (Lipinski definition) is 0. The summed E-state index contributed by atoms with van der Waals surface area (Å²) < 4.78 is 11.2. The number of nitrogens with zero attached hydrogens (tertiary/aromatic N) is 2. The van der Waals surface area contributed by atoms with E-state index >= 15 is 0 Å². The molecule has 8 heteroatoms. The molecule has 2 heterocycles. The van der Waals surface area contributed by atoms with Crippen molar-refractivity contribution in [3.05, 3.63) is 73.6 Å². The van der Waals surface area contributed by atoms with Gasteiger partial charge >= 0.3 is 0 Å². The third-order valence-electron chi connectivity index (χ3n) is 5.22. The van der Waals surface area contributed by atoms with Crippen molar-refractivity contribution in [2.75, 3.05) is 34.3 Å². The summed E-state index contributed by atoms with van der Waals surface area (Å²) >= 11 is 12.3. The van der Waals surface area contributed by atoms with Crippen LogP contribution in [0.3, 0.4) is 0 Å². The molecule has 3 aromatic rings. The average molecular weight is 447 g/mol. The highest BCUT2D eigenvalue weighted by molar-refractivity contribution is 6.42. The number of methoxy groups -OCH3 is 1. The van der Waals surface area contributed by atoms with E-state index in [0.29, 0.717) is 51.0 Å². The molecule has 1 aromatic heterocycles. The number of ether oxygens (including phenoxy) is 1. The van der Waals surface area contributed by atoms with Crippen molar-refractivity contribution in [3.63, 3.8) is 0 Å². The Kier molecular flexibility index (Phi) is 5.49. The van der Waals surface area contributed by atoms with E-state index in [0.717, 1.165) is 0 Å². The molecule has 156 valence electrons. The van der Waals surface area contributed by atoms with Gasteiger partial charge < -0.3 is 19.0 Å².